The number of nitrogens with one attached hydrogen (secondary N) is 6. The Morgan fingerprint density at radius 1 is 0.360 bits per heavy atom. The summed E-state index contributed by atoms with van der Waals surface area (Å²) in [6.45, 7) is 10.6. The zero-order valence-corrected chi connectivity index (χ0v) is 52.3. The SMILES string of the molecule is CCCCNC(=O)CCOCCOCCOCCOCCOCCC(=O)NCCCOCCOCCOCCCNC(=O)[C@H](CCCCNC(=O)OCc1ccccc1)CC(=O)[C@H](CCCCNC(=O)OCc1ccccc1)NC(=O)OCc1ccccc1. The molecule has 3 aromatic carbocycles. The molecule has 2 atom stereocenters. The molecule has 0 aliphatic rings. The number of ether oxygens (including phenoxy) is 11. The molecule has 3 aromatic rings. The summed E-state index contributed by atoms with van der Waals surface area (Å²) in [6.07, 6.45) is 4.24. The number of unbranched alkanes of at least 4 members (excludes halogenated alkanes) is 3. The van der Waals surface area contributed by atoms with Crippen molar-refractivity contribution < 1.29 is 85.7 Å². The fourth-order valence-corrected chi connectivity index (χ4v) is 8.22. The van der Waals surface area contributed by atoms with Gasteiger partial charge in [-0.25, -0.2) is 14.4 Å². The lowest BCUT2D eigenvalue weighted by Crippen LogP contribution is -2.43. The summed E-state index contributed by atoms with van der Waals surface area (Å²) < 4.78 is 60.4. The number of Topliss-reactive ketones (excluding diaryl/α,β-unsaturated/α-hetero) is 1. The van der Waals surface area contributed by atoms with Gasteiger partial charge >= 0.3 is 18.3 Å². The molecule has 0 aromatic heterocycles. The van der Waals surface area contributed by atoms with Crippen LogP contribution in [0.4, 0.5) is 14.4 Å². The van der Waals surface area contributed by atoms with E-state index in [0.717, 1.165) is 29.5 Å². The molecule has 498 valence electrons. The molecule has 0 radical (unpaired) electrons. The Morgan fingerprint density at radius 2 is 0.708 bits per heavy atom. The lowest BCUT2D eigenvalue weighted by Gasteiger charge is -2.21. The third-order valence-electron chi connectivity index (χ3n) is 13.2. The van der Waals surface area contributed by atoms with Crippen LogP contribution in [0.5, 0.6) is 0 Å². The summed E-state index contributed by atoms with van der Waals surface area (Å²) in [7, 11) is 0. The minimum atomic E-state index is -0.971. The standard InChI is InChI=1S/C65H100N6O18/c1-2-3-29-66-60(73)27-36-81-40-44-84-46-48-86-49-47-85-45-41-82-37-28-61(74)67-32-17-34-79-38-42-83-43-39-80-35-18-33-68-62(75)57(25-13-15-30-69-63(76)87-51-54-19-7-4-8-20-54)50-59(72)58(71-65(78)89-53-56-23-11-6-12-24-56)26-14-16-31-70-64(77)88-52-55-21-9-5-10-22-55/h4-12,19-24,57-58H,2-3,13-18,25-53H2,1H3,(H,66,73)(H,67,74)(H,68,75)(H,69,76)(H,70,77)(H,71,78)/t57-,58+/m1/s1. The maximum atomic E-state index is 14.1. The highest BCUT2D eigenvalue weighted by atomic mass is 16.6. The molecule has 0 saturated carbocycles. The van der Waals surface area contributed by atoms with Crippen LogP contribution in [0.3, 0.4) is 0 Å². The Balaban J connectivity index is 1.25. The van der Waals surface area contributed by atoms with Crippen LogP contribution in [-0.4, -0.2) is 186 Å². The van der Waals surface area contributed by atoms with Crippen molar-refractivity contribution in [3.8, 4) is 0 Å². The van der Waals surface area contributed by atoms with Crippen LogP contribution in [0.2, 0.25) is 0 Å². The van der Waals surface area contributed by atoms with E-state index in [1.165, 1.54) is 0 Å². The molecule has 0 bridgehead atoms. The maximum absolute atomic E-state index is 14.1. The first kappa shape index (κ1) is 76.5. The van der Waals surface area contributed by atoms with E-state index >= 15 is 0 Å². The summed E-state index contributed by atoms with van der Waals surface area (Å²) in [5, 5.41) is 16.9. The largest absolute Gasteiger partial charge is 0.445 e. The van der Waals surface area contributed by atoms with Gasteiger partial charge < -0.3 is 84.0 Å². The molecule has 89 heavy (non-hydrogen) atoms. The van der Waals surface area contributed by atoms with Gasteiger partial charge in [0.1, 0.15) is 19.8 Å². The van der Waals surface area contributed by atoms with Crippen molar-refractivity contribution in [1.82, 2.24) is 31.9 Å². The van der Waals surface area contributed by atoms with Crippen LogP contribution in [0.25, 0.3) is 0 Å². The van der Waals surface area contributed by atoms with Crippen molar-refractivity contribution >= 4 is 41.8 Å². The van der Waals surface area contributed by atoms with E-state index in [4.69, 9.17) is 52.1 Å². The second-order valence-electron chi connectivity index (χ2n) is 20.5. The van der Waals surface area contributed by atoms with Crippen molar-refractivity contribution in [2.45, 2.75) is 116 Å². The molecule has 0 heterocycles. The van der Waals surface area contributed by atoms with Crippen molar-refractivity contribution in [3.05, 3.63) is 108 Å². The Bertz CT molecular complexity index is 2290. The first-order chi connectivity index (χ1) is 43.6. The van der Waals surface area contributed by atoms with E-state index in [-0.39, 0.29) is 75.7 Å². The van der Waals surface area contributed by atoms with Gasteiger partial charge in [0.15, 0.2) is 5.78 Å². The number of alkyl carbamates (subject to hydrolysis) is 3. The lowest BCUT2D eigenvalue weighted by molar-refractivity contribution is -0.130. The number of hydrogen-bond donors (Lipinski definition) is 6. The lowest BCUT2D eigenvalue weighted by atomic mass is 9.91. The number of rotatable bonds is 56. The highest BCUT2D eigenvalue weighted by molar-refractivity contribution is 5.91. The van der Waals surface area contributed by atoms with Crippen LogP contribution in [0.1, 0.15) is 107 Å². The summed E-state index contributed by atoms with van der Waals surface area (Å²) in [5.41, 5.74) is 2.49. The second kappa shape index (κ2) is 54.2. The van der Waals surface area contributed by atoms with E-state index in [9.17, 15) is 33.6 Å². The number of amides is 6. The van der Waals surface area contributed by atoms with Crippen LogP contribution in [-0.2, 0) is 91.1 Å². The first-order valence-electron chi connectivity index (χ1n) is 31.4. The van der Waals surface area contributed by atoms with Crippen molar-refractivity contribution in [1.29, 1.82) is 0 Å². The number of hydrogen-bond acceptors (Lipinski definition) is 18. The second-order valence-corrected chi connectivity index (χ2v) is 20.5. The average molecular weight is 1250 g/mol. The van der Waals surface area contributed by atoms with Crippen molar-refractivity contribution in [2.24, 2.45) is 5.92 Å². The zero-order valence-electron chi connectivity index (χ0n) is 52.3. The van der Waals surface area contributed by atoms with Gasteiger partial charge in [-0.3, -0.25) is 19.2 Å². The van der Waals surface area contributed by atoms with Crippen LogP contribution < -0.4 is 31.9 Å². The summed E-state index contributed by atoms with van der Waals surface area (Å²) in [6, 6.07) is 26.8. The van der Waals surface area contributed by atoms with Gasteiger partial charge in [-0.05, 0) is 68.1 Å². The number of carbonyl (C=O) groups excluding carboxylic acids is 7. The normalized spacial score (nSPS) is 11.7. The van der Waals surface area contributed by atoms with Crippen LogP contribution in [0.15, 0.2) is 91.0 Å². The molecule has 0 saturated heterocycles. The molecule has 0 aliphatic carbocycles. The summed E-state index contributed by atoms with van der Waals surface area (Å²) >= 11 is 0. The average Bonchev–Trinajstić information content (AvgIpc) is 3.61. The molecule has 0 aliphatic heterocycles. The van der Waals surface area contributed by atoms with E-state index in [1.807, 2.05) is 91.0 Å². The molecular formula is C65H100N6O18. The van der Waals surface area contributed by atoms with Gasteiger partial charge in [0, 0.05) is 71.1 Å². The molecule has 24 nitrogen and oxygen atoms in total. The van der Waals surface area contributed by atoms with E-state index < -0.39 is 30.2 Å². The van der Waals surface area contributed by atoms with Crippen molar-refractivity contribution in [2.75, 3.05) is 138 Å². The minimum Gasteiger partial charge on any atom is -0.445 e. The fourth-order valence-electron chi connectivity index (χ4n) is 8.22. The summed E-state index contributed by atoms with van der Waals surface area (Å²) in [4.78, 5) is 89.4. The fraction of sp³-hybridized carbons (Fsp3) is 0.615. The third-order valence-corrected chi connectivity index (χ3v) is 13.2. The van der Waals surface area contributed by atoms with Gasteiger partial charge in [0.2, 0.25) is 17.7 Å². The zero-order chi connectivity index (χ0) is 63.7. The van der Waals surface area contributed by atoms with E-state index in [0.29, 0.717) is 177 Å². The molecule has 0 fully saturated rings. The van der Waals surface area contributed by atoms with Gasteiger partial charge in [0.25, 0.3) is 0 Å². The molecule has 0 unspecified atom stereocenters. The topological polar surface area (TPSA) is 293 Å². The molecule has 0 spiro atoms. The number of carbonyl (C=O) groups is 7. The van der Waals surface area contributed by atoms with Crippen LogP contribution in [0, 0.1) is 5.92 Å². The van der Waals surface area contributed by atoms with Crippen LogP contribution >= 0.6 is 0 Å². The van der Waals surface area contributed by atoms with Gasteiger partial charge in [-0.1, -0.05) is 111 Å². The Kier molecular flexibility index (Phi) is 46.6. The molecule has 6 N–H and O–H groups in total. The number of benzene rings is 3. The Labute approximate surface area is 525 Å². The molecule has 3 rings (SSSR count). The molecule has 6 amide bonds. The predicted octanol–water partition coefficient (Wildman–Crippen LogP) is 6.89. The summed E-state index contributed by atoms with van der Waals surface area (Å²) in [5.74, 6) is -1.50. The van der Waals surface area contributed by atoms with E-state index in [1.54, 1.807) is 0 Å². The highest BCUT2D eigenvalue weighted by Crippen LogP contribution is 2.18. The molecular weight excluding hydrogens is 1150 g/mol. The minimum absolute atomic E-state index is 0.00188. The van der Waals surface area contributed by atoms with Crippen molar-refractivity contribution in [3.63, 3.8) is 0 Å². The third kappa shape index (κ3) is 44.3. The smallest absolute Gasteiger partial charge is 0.408 e. The quantitative estimate of drug-likeness (QED) is 0.0248. The van der Waals surface area contributed by atoms with Gasteiger partial charge in [-0.15, -0.1) is 0 Å². The molecule has 24 heteroatoms. The van der Waals surface area contributed by atoms with Gasteiger partial charge in [0.05, 0.1) is 98.5 Å². The van der Waals surface area contributed by atoms with Gasteiger partial charge in [-0.2, -0.15) is 0 Å². The predicted molar refractivity (Wildman–Crippen MR) is 333 cm³/mol. The highest BCUT2D eigenvalue weighted by Gasteiger charge is 2.28. The monoisotopic (exact) mass is 1250 g/mol. The maximum Gasteiger partial charge on any atom is 0.408 e. The Hall–Kier alpha value is -6.77. The van der Waals surface area contributed by atoms with E-state index in [2.05, 4.69) is 38.8 Å². The number of ketones is 1. The first-order valence-corrected chi connectivity index (χ1v) is 31.4. The Morgan fingerprint density at radius 3 is 1.12 bits per heavy atom.